The summed E-state index contributed by atoms with van der Waals surface area (Å²) >= 11 is 13.1. The van der Waals surface area contributed by atoms with E-state index in [1.54, 1.807) is 0 Å². The maximum Gasteiger partial charge on any atom is 0.141 e. The first-order valence-electron chi connectivity index (χ1n) is 5.08. The summed E-state index contributed by atoms with van der Waals surface area (Å²) in [6.07, 6.45) is 0.870. The summed E-state index contributed by atoms with van der Waals surface area (Å²) < 4.78 is 9.89. The molecule has 90 valence electrons. The molecular formula is C11H10Cl2N2OS. The number of benzene rings is 1. The van der Waals surface area contributed by atoms with E-state index in [2.05, 4.69) is 9.59 Å². The average molecular weight is 289 g/mol. The Morgan fingerprint density at radius 2 is 2.18 bits per heavy atom. The summed E-state index contributed by atoms with van der Waals surface area (Å²) in [6, 6.07) is 5.59. The Bertz CT molecular complexity index is 516. The maximum absolute atomic E-state index is 6.02. The normalized spacial score (nSPS) is 10.5. The van der Waals surface area contributed by atoms with E-state index >= 15 is 0 Å². The van der Waals surface area contributed by atoms with Gasteiger partial charge in [-0.25, -0.2) is 0 Å². The molecule has 0 bridgehead atoms. The van der Waals surface area contributed by atoms with Crippen LogP contribution in [-0.4, -0.2) is 9.59 Å². The Morgan fingerprint density at radius 1 is 1.35 bits per heavy atom. The molecule has 0 spiro atoms. The van der Waals surface area contributed by atoms with Crippen molar-refractivity contribution in [3.8, 4) is 5.75 Å². The van der Waals surface area contributed by atoms with Gasteiger partial charge in [-0.1, -0.05) is 34.6 Å². The molecule has 6 heteroatoms. The third-order valence-electron chi connectivity index (χ3n) is 2.28. The van der Waals surface area contributed by atoms with E-state index in [9.17, 15) is 0 Å². The smallest absolute Gasteiger partial charge is 0.141 e. The summed E-state index contributed by atoms with van der Waals surface area (Å²) in [5.74, 6) is 0.760. The van der Waals surface area contributed by atoms with Gasteiger partial charge in [0.2, 0.25) is 0 Å². The molecule has 0 atom stereocenters. The van der Waals surface area contributed by atoms with Gasteiger partial charge in [-0.3, -0.25) is 0 Å². The molecule has 0 N–H and O–H groups in total. The Labute approximate surface area is 113 Å². The molecule has 17 heavy (non-hydrogen) atoms. The molecule has 0 unspecified atom stereocenters. The molecule has 0 saturated heterocycles. The topological polar surface area (TPSA) is 35.0 Å². The van der Waals surface area contributed by atoms with Gasteiger partial charge in [-0.2, -0.15) is 0 Å². The summed E-state index contributed by atoms with van der Waals surface area (Å²) in [7, 11) is 0. The van der Waals surface area contributed by atoms with Gasteiger partial charge >= 0.3 is 0 Å². The van der Waals surface area contributed by atoms with Crippen LogP contribution in [0.2, 0.25) is 9.36 Å². The molecule has 0 aliphatic rings. The molecule has 0 fully saturated rings. The van der Waals surface area contributed by atoms with Crippen molar-refractivity contribution in [3.05, 3.63) is 38.8 Å². The van der Waals surface area contributed by atoms with Gasteiger partial charge < -0.3 is 4.74 Å². The molecule has 0 saturated carbocycles. The zero-order chi connectivity index (χ0) is 12.3. The zero-order valence-corrected chi connectivity index (χ0v) is 11.4. The van der Waals surface area contributed by atoms with Crippen LogP contribution in [0.5, 0.6) is 5.75 Å². The Balaban J connectivity index is 2.07. The Hall–Kier alpha value is -0.840. The van der Waals surface area contributed by atoms with Crippen LogP contribution in [0.3, 0.4) is 0 Å². The van der Waals surface area contributed by atoms with Crippen LogP contribution in [0, 0.1) is 0 Å². The summed E-state index contributed by atoms with van der Waals surface area (Å²) in [5, 5.41) is 4.63. The maximum atomic E-state index is 6.02. The van der Waals surface area contributed by atoms with Crippen LogP contribution in [0.25, 0.3) is 0 Å². The van der Waals surface area contributed by atoms with Crippen molar-refractivity contribution in [3.63, 3.8) is 0 Å². The van der Waals surface area contributed by atoms with Crippen LogP contribution in [0.1, 0.15) is 18.2 Å². The lowest BCUT2D eigenvalue weighted by molar-refractivity contribution is 0.301. The van der Waals surface area contributed by atoms with Gasteiger partial charge in [0.05, 0.1) is 0 Å². The Kier molecular flexibility index (Phi) is 4.20. The van der Waals surface area contributed by atoms with Crippen LogP contribution >= 0.6 is 34.7 Å². The van der Waals surface area contributed by atoms with Crippen molar-refractivity contribution in [1.82, 2.24) is 9.59 Å². The van der Waals surface area contributed by atoms with Gasteiger partial charge in [-0.05, 0) is 30.2 Å². The fourth-order valence-corrected chi connectivity index (χ4v) is 2.20. The first-order chi connectivity index (χ1) is 8.20. The fraction of sp³-hybridized carbons (Fsp3) is 0.273. The minimum atomic E-state index is 0.320. The third-order valence-corrected chi connectivity index (χ3v) is 3.64. The molecule has 2 aromatic rings. The van der Waals surface area contributed by atoms with Gasteiger partial charge in [0, 0.05) is 16.6 Å². The van der Waals surface area contributed by atoms with Crippen LogP contribution in [-0.2, 0) is 13.0 Å². The largest absolute Gasteiger partial charge is 0.487 e. The van der Waals surface area contributed by atoms with Crippen molar-refractivity contribution < 1.29 is 4.74 Å². The van der Waals surface area contributed by atoms with E-state index in [1.807, 2.05) is 25.1 Å². The second kappa shape index (κ2) is 5.67. The molecule has 1 aromatic heterocycles. The number of rotatable bonds is 4. The lowest BCUT2D eigenvalue weighted by Gasteiger charge is -2.07. The van der Waals surface area contributed by atoms with E-state index < -0.39 is 0 Å². The zero-order valence-electron chi connectivity index (χ0n) is 9.11. The number of aryl methyl sites for hydroxylation is 1. The number of nitrogens with zero attached hydrogens (tertiary/aromatic N) is 2. The number of hydrogen-bond donors (Lipinski definition) is 0. The predicted octanol–water partition coefficient (Wildman–Crippen LogP) is 3.99. The van der Waals surface area contributed by atoms with Gasteiger partial charge in [0.25, 0.3) is 0 Å². The van der Waals surface area contributed by atoms with E-state index in [1.165, 1.54) is 0 Å². The molecule has 1 aromatic carbocycles. The van der Waals surface area contributed by atoms with Crippen molar-refractivity contribution in [2.45, 2.75) is 20.0 Å². The van der Waals surface area contributed by atoms with Crippen molar-refractivity contribution in [2.75, 3.05) is 0 Å². The lowest BCUT2D eigenvalue weighted by atomic mass is 10.1. The second-order valence-corrected chi connectivity index (χ2v) is 5.15. The van der Waals surface area contributed by atoms with Crippen molar-refractivity contribution in [1.29, 1.82) is 0 Å². The van der Waals surface area contributed by atoms with E-state index in [4.69, 9.17) is 27.9 Å². The van der Waals surface area contributed by atoms with Crippen LogP contribution in [0.4, 0.5) is 0 Å². The molecule has 0 aliphatic heterocycles. The summed E-state index contributed by atoms with van der Waals surface area (Å²) in [5.41, 5.74) is 1.72. The van der Waals surface area contributed by atoms with Gasteiger partial charge in [0.15, 0.2) is 0 Å². The van der Waals surface area contributed by atoms with Crippen molar-refractivity contribution >= 4 is 34.7 Å². The highest BCUT2D eigenvalue weighted by atomic mass is 35.5. The molecule has 1 heterocycles. The van der Waals surface area contributed by atoms with E-state index in [0.717, 1.165) is 34.3 Å². The minimum Gasteiger partial charge on any atom is -0.487 e. The SMILES string of the molecule is CCc1cc(OCc2nnsc2Cl)ccc1Cl. The molecule has 0 aliphatic carbocycles. The summed E-state index contributed by atoms with van der Waals surface area (Å²) in [4.78, 5) is 0. The first kappa shape index (κ1) is 12.6. The standard InChI is InChI=1S/C11H10Cl2N2OS/c1-2-7-5-8(3-4-9(7)12)16-6-10-11(13)17-15-14-10/h3-5H,2,6H2,1H3. The van der Waals surface area contributed by atoms with Crippen LogP contribution < -0.4 is 4.74 Å². The molecular weight excluding hydrogens is 279 g/mol. The third kappa shape index (κ3) is 3.09. The highest BCUT2D eigenvalue weighted by Crippen LogP contribution is 2.24. The van der Waals surface area contributed by atoms with E-state index in [-0.39, 0.29) is 0 Å². The number of ether oxygens (including phenoxy) is 1. The Morgan fingerprint density at radius 3 is 2.82 bits per heavy atom. The summed E-state index contributed by atoms with van der Waals surface area (Å²) in [6.45, 7) is 2.37. The molecule has 2 rings (SSSR count). The number of hydrogen-bond acceptors (Lipinski definition) is 4. The molecule has 3 nitrogen and oxygen atoms in total. The monoisotopic (exact) mass is 288 g/mol. The van der Waals surface area contributed by atoms with Crippen LogP contribution in [0.15, 0.2) is 18.2 Å². The van der Waals surface area contributed by atoms with Gasteiger partial charge in [-0.15, -0.1) is 5.10 Å². The second-order valence-electron chi connectivity index (χ2n) is 3.39. The van der Waals surface area contributed by atoms with Crippen molar-refractivity contribution in [2.24, 2.45) is 0 Å². The molecule has 0 radical (unpaired) electrons. The fourth-order valence-electron chi connectivity index (χ4n) is 1.35. The first-order valence-corrected chi connectivity index (χ1v) is 6.61. The quantitative estimate of drug-likeness (QED) is 0.853. The van der Waals surface area contributed by atoms with E-state index in [0.29, 0.717) is 16.6 Å². The number of aromatic nitrogens is 2. The predicted molar refractivity (Wildman–Crippen MR) is 70.1 cm³/mol. The average Bonchev–Trinajstić information content (AvgIpc) is 2.74. The minimum absolute atomic E-state index is 0.320. The molecule has 0 amide bonds. The number of halogens is 2. The highest BCUT2D eigenvalue weighted by molar-refractivity contribution is 7.10. The lowest BCUT2D eigenvalue weighted by Crippen LogP contribution is -1.97. The highest BCUT2D eigenvalue weighted by Gasteiger charge is 2.07. The van der Waals surface area contributed by atoms with Gasteiger partial charge in [0.1, 0.15) is 22.4 Å².